The molecule has 0 aliphatic rings. The van der Waals surface area contributed by atoms with Crippen LogP contribution in [0.1, 0.15) is 69.2 Å². The molecule has 1 atom stereocenters. The summed E-state index contributed by atoms with van der Waals surface area (Å²) in [5.41, 5.74) is 4.01. The van der Waals surface area contributed by atoms with Gasteiger partial charge >= 0.3 is 0 Å². The van der Waals surface area contributed by atoms with Crippen molar-refractivity contribution in [2.24, 2.45) is 0 Å². The number of phenolic OH excluding ortho intramolecular Hbond substituents is 2. The van der Waals surface area contributed by atoms with E-state index in [1.807, 2.05) is 30.3 Å². The van der Waals surface area contributed by atoms with Gasteiger partial charge in [-0.3, -0.25) is 9.69 Å². The molecule has 0 spiro atoms. The molecule has 3 aromatic rings. The predicted octanol–water partition coefficient (Wildman–Crippen LogP) is 6.89. The molecule has 6 nitrogen and oxygen atoms in total. The largest absolute Gasteiger partial charge is 0.508 e. The Balaban J connectivity index is 1.42. The van der Waals surface area contributed by atoms with Crippen molar-refractivity contribution in [1.29, 1.82) is 0 Å². The lowest BCUT2D eigenvalue weighted by Crippen LogP contribution is -2.38. The molecule has 0 fully saturated rings. The van der Waals surface area contributed by atoms with Crippen molar-refractivity contribution < 1.29 is 19.7 Å². The van der Waals surface area contributed by atoms with Crippen molar-refractivity contribution in [2.75, 3.05) is 19.7 Å². The number of nitrogens with zero attached hydrogens (tertiary/aromatic N) is 1. The monoisotopic (exact) mass is 580 g/mol. The van der Waals surface area contributed by atoms with E-state index in [2.05, 4.69) is 50.9 Å². The van der Waals surface area contributed by atoms with E-state index in [9.17, 15) is 15.0 Å². The van der Waals surface area contributed by atoms with E-state index < -0.39 is 0 Å². The van der Waals surface area contributed by atoms with Crippen LogP contribution < -0.4 is 10.1 Å². The van der Waals surface area contributed by atoms with Crippen LogP contribution in [0.5, 0.6) is 17.2 Å². The van der Waals surface area contributed by atoms with Gasteiger partial charge in [0, 0.05) is 25.0 Å². The number of halogens is 1. The molecule has 0 unspecified atom stereocenters. The molecule has 3 aromatic carbocycles. The number of rotatable bonds is 15. The first kappa shape index (κ1) is 32.3. The minimum atomic E-state index is -0.0911. The van der Waals surface area contributed by atoms with Crippen LogP contribution in [0.3, 0.4) is 0 Å². The number of nitrogens with one attached hydrogen (secondary N) is 1. The van der Waals surface area contributed by atoms with Crippen LogP contribution in [0.4, 0.5) is 0 Å². The standard InChI is InChI=1S/C34H45ClN2O4/c1-23(2)37(24(3)4)18-15-25(5)30-20-27(8-12-32(30)38)16-19-41-29-10-6-26(7-11-29)14-17-36-34(40)22-28-9-13-33(39)31(35)21-28/h6-13,20-21,23-25,38-39H,14-19,22H2,1-5H3,(H,36,40)/t25-/m0/s1. The maximum Gasteiger partial charge on any atom is 0.224 e. The first-order chi connectivity index (χ1) is 19.5. The van der Waals surface area contributed by atoms with E-state index in [0.717, 1.165) is 47.4 Å². The van der Waals surface area contributed by atoms with Crippen LogP contribution >= 0.6 is 11.6 Å². The highest BCUT2D eigenvalue weighted by Gasteiger charge is 2.17. The van der Waals surface area contributed by atoms with Gasteiger partial charge in [-0.2, -0.15) is 0 Å². The smallest absolute Gasteiger partial charge is 0.224 e. The van der Waals surface area contributed by atoms with Crippen molar-refractivity contribution in [3.8, 4) is 17.2 Å². The lowest BCUT2D eigenvalue weighted by Gasteiger charge is -2.31. The summed E-state index contributed by atoms with van der Waals surface area (Å²) in [5.74, 6) is 1.34. The number of aromatic hydroxyl groups is 2. The van der Waals surface area contributed by atoms with Crippen molar-refractivity contribution >= 4 is 17.5 Å². The van der Waals surface area contributed by atoms with E-state index in [-0.39, 0.29) is 29.0 Å². The van der Waals surface area contributed by atoms with E-state index in [4.69, 9.17) is 16.3 Å². The van der Waals surface area contributed by atoms with Crippen LogP contribution in [0.15, 0.2) is 60.7 Å². The van der Waals surface area contributed by atoms with Crippen molar-refractivity contribution in [1.82, 2.24) is 10.2 Å². The highest BCUT2D eigenvalue weighted by atomic mass is 35.5. The highest BCUT2D eigenvalue weighted by Crippen LogP contribution is 2.30. The molecular weight excluding hydrogens is 536 g/mol. The summed E-state index contributed by atoms with van der Waals surface area (Å²) in [4.78, 5) is 14.7. The molecule has 3 N–H and O–H groups in total. The summed E-state index contributed by atoms with van der Waals surface area (Å²) < 4.78 is 5.99. The van der Waals surface area contributed by atoms with Crippen molar-refractivity contribution in [2.45, 2.75) is 78.3 Å². The fourth-order valence-corrected chi connectivity index (χ4v) is 5.26. The number of hydrogen-bond donors (Lipinski definition) is 3. The molecule has 7 heteroatoms. The third-order valence-electron chi connectivity index (χ3n) is 7.47. The van der Waals surface area contributed by atoms with Crippen LogP contribution in [-0.2, 0) is 24.1 Å². The third kappa shape index (κ3) is 10.3. The summed E-state index contributed by atoms with van der Waals surface area (Å²) in [5, 5.41) is 23.2. The van der Waals surface area contributed by atoms with Gasteiger partial charge in [-0.15, -0.1) is 0 Å². The Morgan fingerprint density at radius 2 is 1.49 bits per heavy atom. The Morgan fingerprint density at radius 3 is 2.15 bits per heavy atom. The summed E-state index contributed by atoms with van der Waals surface area (Å²) in [6.45, 7) is 13.2. The van der Waals surface area contributed by atoms with Gasteiger partial charge in [0.2, 0.25) is 5.91 Å². The number of carbonyl (C=O) groups excluding carboxylic acids is 1. The zero-order valence-electron chi connectivity index (χ0n) is 25.0. The molecule has 41 heavy (non-hydrogen) atoms. The summed E-state index contributed by atoms with van der Waals surface area (Å²) >= 11 is 5.91. The average Bonchev–Trinajstić information content (AvgIpc) is 2.92. The third-order valence-corrected chi connectivity index (χ3v) is 7.77. The Bertz CT molecular complexity index is 1250. The molecule has 3 rings (SSSR count). The fourth-order valence-electron chi connectivity index (χ4n) is 5.06. The second-order valence-corrected chi connectivity index (χ2v) is 11.7. The molecule has 0 heterocycles. The first-order valence-electron chi connectivity index (χ1n) is 14.6. The topological polar surface area (TPSA) is 82.0 Å². The Kier molecular flexibility index (Phi) is 12.4. The van der Waals surface area contributed by atoms with Crippen molar-refractivity contribution in [3.05, 3.63) is 87.9 Å². The molecule has 1 amide bonds. The summed E-state index contributed by atoms with van der Waals surface area (Å²) in [7, 11) is 0. The number of benzene rings is 3. The number of hydrogen-bond acceptors (Lipinski definition) is 5. The highest BCUT2D eigenvalue weighted by molar-refractivity contribution is 6.32. The number of ether oxygens (including phenoxy) is 1. The lowest BCUT2D eigenvalue weighted by atomic mass is 9.94. The lowest BCUT2D eigenvalue weighted by molar-refractivity contribution is -0.120. The minimum Gasteiger partial charge on any atom is -0.508 e. The van der Waals surface area contributed by atoms with E-state index in [1.165, 1.54) is 6.07 Å². The predicted molar refractivity (Wildman–Crippen MR) is 167 cm³/mol. The Morgan fingerprint density at radius 1 is 0.854 bits per heavy atom. The minimum absolute atomic E-state index is 0.00808. The summed E-state index contributed by atoms with van der Waals surface area (Å²) in [6.07, 6.45) is 2.67. The zero-order valence-corrected chi connectivity index (χ0v) is 25.7. The SMILES string of the molecule is CC(C)N(CC[C@H](C)c1cc(CCOc2ccc(CCNC(=O)Cc3ccc(O)c(Cl)c3)cc2)ccc1O)C(C)C. The van der Waals surface area contributed by atoms with Crippen LogP contribution in [0, 0.1) is 0 Å². The second-order valence-electron chi connectivity index (χ2n) is 11.3. The van der Waals surface area contributed by atoms with Gasteiger partial charge in [-0.1, -0.05) is 48.9 Å². The van der Waals surface area contributed by atoms with Gasteiger partial charge in [-0.25, -0.2) is 0 Å². The first-order valence-corrected chi connectivity index (χ1v) is 14.9. The van der Waals surface area contributed by atoms with Crippen molar-refractivity contribution in [3.63, 3.8) is 0 Å². The van der Waals surface area contributed by atoms with Gasteiger partial charge in [0.15, 0.2) is 0 Å². The number of carbonyl (C=O) groups is 1. The average molecular weight is 581 g/mol. The fraction of sp³-hybridized carbons (Fsp3) is 0.441. The Labute approximate surface area is 250 Å². The van der Waals surface area contributed by atoms with Gasteiger partial charge in [0.1, 0.15) is 17.2 Å². The van der Waals surface area contributed by atoms with Gasteiger partial charge < -0.3 is 20.3 Å². The van der Waals surface area contributed by atoms with Crippen LogP contribution in [-0.4, -0.2) is 52.8 Å². The maximum absolute atomic E-state index is 12.2. The van der Waals surface area contributed by atoms with E-state index in [0.29, 0.717) is 37.4 Å². The molecule has 0 bridgehead atoms. The van der Waals surface area contributed by atoms with Crippen LogP contribution in [0.2, 0.25) is 5.02 Å². The summed E-state index contributed by atoms with van der Waals surface area (Å²) in [6, 6.07) is 19.6. The van der Waals surface area contributed by atoms with Gasteiger partial charge in [-0.05, 0) is 106 Å². The Hall–Kier alpha value is -3.22. The molecule has 0 saturated heterocycles. The molecule has 222 valence electrons. The number of amides is 1. The normalized spacial score (nSPS) is 12.2. The quantitative estimate of drug-likeness (QED) is 0.182. The second kappa shape index (κ2) is 15.7. The van der Waals surface area contributed by atoms with E-state index >= 15 is 0 Å². The molecule has 0 aliphatic heterocycles. The van der Waals surface area contributed by atoms with Gasteiger partial charge in [0.05, 0.1) is 18.1 Å². The molecular formula is C34H45ClN2O4. The maximum atomic E-state index is 12.2. The van der Waals surface area contributed by atoms with Gasteiger partial charge in [0.25, 0.3) is 0 Å². The molecule has 0 aliphatic carbocycles. The molecule has 0 radical (unpaired) electrons. The van der Waals surface area contributed by atoms with Crippen LogP contribution in [0.25, 0.3) is 0 Å². The zero-order chi connectivity index (χ0) is 29.9. The molecule has 0 aromatic heterocycles. The molecule has 0 saturated carbocycles. The number of phenols is 2. The van der Waals surface area contributed by atoms with E-state index in [1.54, 1.807) is 18.2 Å².